The van der Waals surface area contributed by atoms with Crippen molar-refractivity contribution in [1.82, 2.24) is 4.90 Å². The third-order valence-corrected chi connectivity index (χ3v) is 5.07. The van der Waals surface area contributed by atoms with Gasteiger partial charge in [-0.25, -0.2) is 4.79 Å². The maximum Gasteiger partial charge on any atom is 0.321 e. The first-order valence-corrected chi connectivity index (χ1v) is 9.39. The van der Waals surface area contributed by atoms with E-state index in [2.05, 4.69) is 48.3 Å². The van der Waals surface area contributed by atoms with Crippen LogP contribution in [0.1, 0.15) is 12.5 Å². The van der Waals surface area contributed by atoms with Crippen LogP contribution in [0.25, 0.3) is 0 Å². The van der Waals surface area contributed by atoms with E-state index < -0.39 is 0 Å². The molecule has 6 nitrogen and oxygen atoms in total. The van der Waals surface area contributed by atoms with Gasteiger partial charge in [0, 0.05) is 43.1 Å². The van der Waals surface area contributed by atoms with Crippen molar-refractivity contribution < 1.29 is 14.3 Å². The van der Waals surface area contributed by atoms with Crippen molar-refractivity contribution in [3.05, 3.63) is 48.0 Å². The first-order chi connectivity index (χ1) is 13.1. The maximum absolute atomic E-state index is 12.7. The zero-order chi connectivity index (χ0) is 18.8. The monoisotopic (exact) mass is 367 g/mol. The highest BCUT2D eigenvalue weighted by Crippen LogP contribution is 2.32. The summed E-state index contributed by atoms with van der Waals surface area (Å²) in [6, 6.07) is 14.2. The Labute approximate surface area is 159 Å². The number of piperazine rings is 1. The number of carbonyl (C=O) groups excluding carboxylic acids is 1. The van der Waals surface area contributed by atoms with Crippen LogP contribution in [0, 0.1) is 6.92 Å². The molecule has 142 valence electrons. The van der Waals surface area contributed by atoms with E-state index in [9.17, 15) is 4.79 Å². The molecule has 2 aromatic rings. The Morgan fingerprint density at radius 1 is 1.04 bits per heavy atom. The molecule has 0 aromatic heterocycles. The molecule has 2 heterocycles. The minimum atomic E-state index is -0.0814. The fraction of sp³-hybridized carbons (Fsp3) is 0.381. The molecular weight excluding hydrogens is 342 g/mol. The molecule has 0 spiro atoms. The molecule has 1 fully saturated rings. The second kappa shape index (κ2) is 7.39. The first kappa shape index (κ1) is 17.5. The van der Waals surface area contributed by atoms with Gasteiger partial charge in [0.2, 0.25) is 0 Å². The van der Waals surface area contributed by atoms with Gasteiger partial charge in [0.25, 0.3) is 0 Å². The molecule has 0 aliphatic carbocycles. The van der Waals surface area contributed by atoms with Gasteiger partial charge in [-0.3, -0.25) is 0 Å². The lowest BCUT2D eigenvalue weighted by Gasteiger charge is -2.41. The second-order valence-corrected chi connectivity index (χ2v) is 7.11. The highest BCUT2D eigenvalue weighted by atomic mass is 16.6. The number of nitrogens with one attached hydrogen (secondary N) is 1. The predicted molar refractivity (Wildman–Crippen MR) is 106 cm³/mol. The van der Waals surface area contributed by atoms with Gasteiger partial charge >= 0.3 is 6.03 Å². The summed E-state index contributed by atoms with van der Waals surface area (Å²) in [6.45, 7) is 7.53. The van der Waals surface area contributed by atoms with Crippen molar-refractivity contribution in [1.29, 1.82) is 0 Å². The molecule has 2 amide bonds. The Hall–Kier alpha value is -2.89. The summed E-state index contributed by atoms with van der Waals surface area (Å²) in [5.41, 5.74) is 3.18. The summed E-state index contributed by atoms with van der Waals surface area (Å²) in [5.74, 6) is 1.40. The van der Waals surface area contributed by atoms with Gasteiger partial charge in [-0.05, 0) is 38.1 Å². The molecule has 0 unspecified atom stereocenters. The third kappa shape index (κ3) is 3.79. The van der Waals surface area contributed by atoms with Crippen LogP contribution in [0.5, 0.6) is 11.5 Å². The van der Waals surface area contributed by atoms with Crippen molar-refractivity contribution in [3.63, 3.8) is 0 Å². The van der Waals surface area contributed by atoms with E-state index in [0.717, 1.165) is 18.0 Å². The van der Waals surface area contributed by atoms with Crippen LogP contribution >= 0.6 is 0 Å². The van der Waals surface area contributed by atoms with E-state index in [1.807, 2.05) is 23.1 Å². The van der Waals surface area contributed by atoms with Crippen molar-refractivity contribution >= 4 is 17.4 Å². The van der Waals surface area contributed by atoms with Crippen molar-refractivity contribution in [2.45, 2.75) is 19.9 Å². The second-order valence-electron chi connectivity index (χ2n) is 7.11. The molecule has 0 bridgehead atoms. The van der Waals surface area contributed by atoms with Gasteiger partial charge in [-0.15, -0.1) is 0 Å². The van der Waals surface area contributed by atoms with Gasteiger partial charge in [-0.2, -0.15) is 0 Å². The number of rotatable bonds is 2. The number of ether oxygens (including phenoxy) is 2. The highest BCUT2D eigenvalue weighted by molar-refractivity contribution is 5.90. The van der Waals surface area contributed by atoms with Crippen LogP contribution in [0.3, 0.4) is 0 Å². The molecule has 0 radical (unpaired) electrons. The highest BCUT2D eigenvalue weighted by Gasteiger charge is 2.27. The lowest BCUT2D eigenvalue weighted by Crippen LogP contribution is -2.54. The zero-order valence-corrected chi connectivity index (χ0v) is 15.8. The summed E-state index contributed by atoms with van der Waals surface area (Å²) in [6.07, 6.45) is 0. The Balaban J connectivity index is 1.38. The Morgan fingerprint density at radius 3 is 2.52 bits per heavy atom. The number of amides is 2. The molecular formula is C21H25N3O3. The van der Waals surface area contributed by atoms with Crippen molar-refractivity contribution in [2.75, 3.05) is 43.1 Å². The average Bonchev–Trinajstić information content (AvgIpc) is 2.68. The van der Waals surface area contributed by atoms with Crippen LogP contribution < -0.4 is 19.7 Å². The van der Waals surface area contributed by atoms with Crippen molar-refractivity contribution in [3.8, 4) is 11.5 Å². The zero-order valence-electron chi connectivity index (χ0n) is 15.8. The molecule has 0 saturated carbocycles. The number of urea groups is 1. The van der Waals surface area contributed by atoms with Gasteiger partial charge in [0.1, 0.15) is 13.2 Å². The summed E-state index contributed by atoms with van der Waals surface area (Å²) >= 11 is 0. The van der Waals surface area contributed by atoms with Crippen LogP contribution in [0.4, 0.5) is 16.2 Å². The molecule has 6 heteroatoms. The predicted octanol–water partition coefficient (Wildman–Crippen LogP) is 3.51. The van der Waals surface area contributed by atoms with Crippen molar-refractivity contribution in [2.24, 2.45) is 0 Å². The average molecular weight is 367 g/mol. The molecule has 1 N–H and O–H groups in total. The normalized spacial score (nSPS) is 19.0. The molecule has 4 rings (SSSR count). The Bertz CT molecular complexity index is 822. The van der Waals surface area contributed by atoms with Gasteiger partial charge in [-0.1, -0.05) is 17.7 Å². The third-order valence-electron chi connectivity index (χ3n) is 5.07. The molecule has 2 aromatic carbocycles. The quantitative estimate of drug-likeness (QED) is 0.883. The lowest BCUT2D eigenvalue weighted by molar-refractivity contribution is 0.171. The molecule has 2 aliphatic heterocycles. The topological polar surface area (TPSA) is 54.0 Å². The van der Waals surface area contributed by atoms with Gasteiger partial charge in [0.15, 0.2) is 11.5 Å². The first-order valence-electron chi connectivity index (χ1n) is 9.39. The van der Waals surface area contributed by atoms with Crippen LogP contribution in [0.2, 0.25) is 0 Å². The number of carbonyl (C=O) groups is 1. The fourth-order valence-electron chi connectivity index (χ4n) is 3.59. The fourth-order valence-corrected chi connectivity index (χ4v) is 3.59. The molecule has 27 heavy (non-hydrogen) atoms. The summed E-state index contributed by atoms with van der Waals surface area (Å²) in [7, 11) is 0. The van der Waals surface area contributed by atoms with E-state index in [1.165, 1.54) is 11.3 Å². The van der Waals surface area contributed by atoms with E-state index >= 15 is 0 Å². The Morgan fingerprint density at radius 2 is 1.78 bits per heavy atom. The molecule has 1 atom stereocenters. The summed E-state index contributed by atoms with van der Waals surface area (Å²) < 4.78 is 11.1. The number of benzene rings is 2. The SMILES string of the molecule is Cc1ccc(N2CCN(C(=O)Nc3ccc4c(c3)OCCO4)C[C@@H]2C)cc1. The lowest BCUT2D eigenvalue weighted by atomic mass is 10.1. The number of fused-ring (bicyclic) bond motifs is 1. The summed E-state index contributed by atoms with van der Waals surface area (Å²) in [4.78, 5) is 16.9. The Kier molecular flexibility index (Phi) is 4.79. The number of hydrogen-bond acceptors (Lipinski definition) is 4. The minimum absolute atomic E-state index is 0.0814. The van der Waals surface area contributed by atoms with E-state index in [4.69, 9.17) is 9.47 Å². The van der Waals surface area contributed by atoms with E-state index in [0.29, 0.717) is 32.1 Å². The molecule has 2 aliphatic rings. The number of aryl methyl sites for hydroxylation is 1. The smallest absolute Gasteiger partial charge is 0.321 e. The van der Waals surface area contributed by atoms with Crippen LogP contribution in [0.15, 0.2) is 42.5 Å². The minimum Gasteiger partial charge on any atom is -0.486 e. The molecule has 1 saturated heterocycles. The van der Waals surface area contributed by atoms with E-state index in [-0.39, 0.29) is 12.1 Å². The standard InChI is InChI=1S/C21H25N3O3/c1-15-3-6-18(7-4-15)24-10-9-23(14-16(24)2)21(25)22-17-5-8-19-20(13-17)27-12-11-26-19/h3-8,13,16H,9-12,14H2,1-2H3,(H,22,25)/t16-/m0/s1. The van der Waals surface area contributed by atoms with E-state index in [1.54, 1.807) is 0 Å². The van der Waals surface area contributed by atoms with Crippen LogP contribution in [-0.2, 0) is 0 Å². The summed E-state index contributed by atoms with van der Waals surface area (Å²) in [5, 5.41) is 2.98. The number of anilines is 2. The van der Waals surface area contributed by atoms with Gasteiger partial charge in [0.05, 0.1) is 0 Å². The maximum atomic E-state index is 12.7. The van der Waals surface area contributed by atoms with Crippen LogP contribution in [-0.4, -0.2) is 49.8 Å². The number of hydrogen-bond donors (Lipinski definition) is 1. The number of nitrogens with zero attached hydrogens (tertiary/aromatic N) is 2. The van der Waals surface area contributed by atoms with Gasteiger partial charge < -0.3 is 24.6 Å². The largest absolute Gasteiger partial charge is 0.486 e.